The van der Waals surface area contributed by atoms with Crippen molar-refractivity contribution in [3.63, 3.8) is 0 Å². The van der Waals surface area contributed by atoms with E-state index in [1.54, 1.807) is 0 Å². The van der Waals surface area contributed by atoms with Crippen LogP contribution in [0.1, 0.15) is 62.3 Å². The molecule has 1 N–H and O–H groups in total. The molecule has 1 aromatic heterocycles. The lowest BCUT2D eigenvalue weighted by atomic mass is 9.83. The number of hydrogen-bond acceptors (Lipinski definition) is 3. The van der Waals surface area contributed by atoms with Gasteiger partial charge in [-0.2, -0.15) is 0 Å². The Bertz CT molecular complexity index is 340. The third kappa shape index (κ3) is 4.06. The smallest absolute Gasteiger partial charge is 0.0925 e. The average molecular weight is 266 g/mol. The normalized spacial score (nSPS) is 24.3. The van der Waals surface area contributed by atoms with E-state index in [0.717, 1.165) is 24.9 Å². The number of rotatable bonds is 6. The molecule has 0 atom stereocenters. The first-order valence-electron chi connectivity index (χ1n) is 7.48. The van der Waals surface area contributed by atoms with Gasteiger partial charge >= 0.3 is 0 Å². The van der Waals surface area contributed by atoms with Crippen LogP contribution in [-0.2, 0) is 13.0 Å². The van der Waals surface area contributed by atoms with Crippen LogP contribution in [0, 0.1) is 5.92 Å². The fraction of sp³-hybridized carbons (Fsp3) is 0.800. The summed E-state index contributed by atoms with van der Waals surface area (Å²) in [5, 5.41) is 4.97. The number of thiazole rings is 1. The van der Waals surface area contributed by atoms with Gasteiger partial charge in [0.25, 0.3) is 0 Å². The SMILES string of the molecule is CCCC1CCC(NCc2cnc(CC)s2)CC1. The molecular formula is C15H26N2S. The van der Waals surface area contributed by atoms with Crippen molar-refractivity contribution in [2.75, 3.05) is 0 Å². The molecule has 0 aromatic carbocycles. The fourth-order valence-electron chi connectivity index (χ4n) is 2.90. The largest absolute Gasteiger partial charge is 0.309 e. The van der Waals surface area contributed by atoms with Crippen molar-refractivity contribution >= 4 is 11.3 Å². The summed E-state index contributed by atoms with van der Waals surface area (Å²) in [7, 11) is 0. The third-order valence-corrected chi connectivity index (χ3v) is 5.15. The summed E-state index contributed by atoms with van der Waals surface area (Å²) in [4.78, 5) is 5.80. The van der Waals surface area contributed by atoms with E-state index >= 15 is 0 Å². The van der Waals surface area contributed by atoms with E-state index in [2.05, 4.69) is 24.1 Å². The molecule has 0 spiro atoms. The quantitative estimate of drug-likeness (QED) is 0.836. The van der Waals surface area contributed by atoms with Crippen molar-refractivity contribution < 1.29 is 0 Å². The van der Waals surface area contributed by atoms with Crippen molar-refractivity contribution in [3.05, 3.63) is 16.1 Å². The van der Waals surface area contributed by atoms with Gasteiger partial charge in [-0.05, 0) is 38.0 Å². The van der Waals surface area contributed by atoms with Crippen molar-refractivity contribution in [1.82, 2.24) is 10.3 Å². The van der Waals surface area contributed by atoms with Gasteiger partial charge in [-0.3, -0.25) is 0 Å². The highest BCUT2D eigenvalue weighted by Crippen LogP contribution is 2.28. The molecule has 1 aliphatic rings. The van der Waals surface area contributed by atoms with Gasteiger partial charge < -0.3 is 5.32 Å². The van der Waals surface area contributed by atoms with Crippen LogP contribution in [0.3, 0.4) is 0 Å². The Balaban J connectivity index is 1.68. The molecule has 1 heterocycles. The first-order chi connectivity index (χ1) is 8.81. The molecule has 102 valence electrons. The summed E-state index contributed by atoms with van der Waals surface area (Å²) >= 11 is 1.86. The minimum absolute atomic E-state index is 0.741. The second-order valence-electron chi connectivity index (χ2n) is 5.46. The van der Waals surface area contributed by atoms with Crippen molar-refractivity contribution in [1.29, 1.82) is 0 Å². The average Bonchev–Trinajstić information content (AvgIpc) is 2.86. The van der Waals surface area contributed by atoms with Gasteiger partial charge in [0.05, 0.1) is 5.01 Å². The molecule has 18 heavy (non-hydrogen) atoms. The van der Waals surface area contributed by atoms with Crippen LogP contribution in [0.15, 0.2) is 6.20 Å². The van der Waals surface area contributed by atoms with Crippen LogP contribution < -0.4 is 5.32 Å². The summed E-state index contributed by atoms with van der Waals surface area (Å²) in [6.07, 6.45) is 11.5. The monoisotopic (exact) mass is 266 g/mol. The molecule has 0 radical (unpaired) electrons. The Kier molecular flexibility index (Phi) is 5.64. The van der Waals surface area contributed by atoms with Crippen LogP contribution >= 0.6 is 11.3 Å². The molecule has 0 aliphatic heterocycles. The molecule has 1 aliphatic carbocycles. The van der Waals surface area contributed by atoms with Crippen LogP contribution in [0.25, 0.3) is 0 Å². The highest BCUT2D eigenvalue weighted by molar-refractivity contribution is 7.11. The molecular weight excluding hydrogens is 240 g/mol. The van der Waals surface area contributed by atoms with E-state index < -0.39 is 0 Å². The highest BCUT2D eigenvalue weighted by Gasteiger charge is 2.20. The van der Waals surface area contributed by atoms with E-state index in [-0.39, 0.29) is 0 Å². The van der Waals surface area contributed by atoms with Gasteiger partial charge in [0.1, 0.15) is 0 Å². The third-order valence-electron chi connectivity index (χ3n) is 4.01. The molecule has 0 saturated heterocycles. The van der Waals surface area contributed by atoms with Gasteiger partial charge in [0.15, 0.2) is 0 Å². The van der Waals surface area contributed by atoms with E-state index in [1.165, 1.54) is 48.4 Å². The predicted octanol–water partition coefficient (Wildman–Crippen LogP) is 4.15. The number of nitrogens with zero attached hydrogens (tertiary/aromatic N) is 1. The molecule has 0 unspecified atom stereocenters. The summed E-state index contributed by atoms with van der Waals surface area (Å²) in [5.74, 6) is 1.00. The Labute approximate surface area is 115 Å². The maximum absolute atomic E-state index is 4.41. The standard InChI is InChI=1S/C15H26N2S/c1-3-5-12-6-8-13(9-7-12)16-10-14-11-17-15(4-2)18-14/h11-13,16H,3-10H2,1-2H3. The second kappa shape index (κ2) is 7.25. The Morgan fingerprint density at radius 1 is 1.28 bits per heavy atom. The minimum atomic E-state index is 0.741. The summed E-state index contributed by atoms with van der Waals surface area (Å²) in [5.41, 5.74) is 0. The molecule has 0 amide bonds. The van der Waals surface area contributed by atoms with Crippen molar-refractivity contribution in [2.24, 2.45) is 5.92 Å². The van der Waals surface area contributed by atoms with Gasteiger partial charge in [-0.25, -0.2) is 4.98 Å². The summed E-state index contributed by atoms with van der Waals surface area (Å²) in [6, 6.07) is 0.741. The lowest BCUT2D eigenvalue weighted by Crippen LogP contribution is -2.32. The predicted molar refractivity (Wildman–Crippen MR) is 79.0 cm³/mol. The maximum atomic E-state index is 4.41. The zero-order valence-corrected chi connectivity index (χ0v) is 12.6. The molecule has 1 fully saturated rings. The van der Waals surface area contributed by atoms with Gasteiger partial charge in [0.2, 0.25) is 0 Å². The van der Waals surface area contributed by atoms with Crippen molar-refractivity contribution in [3.8, 4) is 0 Å². The molecule has 3 heteroatoms. The van der Waals surface area contributed by atoms with E-state index in [9.17, 15) is 0 Å². The Morgan fingerprint density at radius 3 is 2.67 bits per heavy atom. The Hall–Kier alpha value is -0.410. The van der Waals surface area contributed by atoms with Gasteiger partial charge in [0, 0.05) is 23.7 Å². The number of nitrogens with one attached hydrogen (secondary N) is 1. The number of aryl methyl sites for hydroxylation is 1. The molecule has 1 aromatic rings. The van der Waals surface area contributed by atoms with E-state index in [4.69, 9.17) is 0 Å². The van der Waals surface area contributed by atoms with Crippen LogP contribution in [-0.4, -0.2) is 11.0 Å². The van der Waals surface area contributed by atoms with E-state index in [1.807, 2.05) is 17.5 Å². The lowest BCUT2D eigenvalue weighted by Gasteiger charge is -2.28. The first kappa shape index (κ1) is 14.0. The zero-order valence-electron chi connectivity index (χ0n) is 11.7. The Morgan fingerprint density at radius 2 is 2.06 bits per heavy atom. The zero-order chi connectivity index (χ0) is 12.8. The summed E-state index contributed by atoms with van der Waals surface area (Å²) in [6.45, 7) is 5.49. The molecule has 2 rings (SSSR count). The second-order valence-corrected chi connectivity index (χ2v) is 6.66. The number of hydrogen-bond donors (Lipinski definition) is 1. The van der Waals surface area contributed by atoms with Gasteiger partial charge in [-0.15, -0.1) is 11.3 Å². The number of aromatic nitrogens is 1. The van der Waals surface area contributed by atoms with Gasteiger partial charge in [-0.1, -0.05) is 26.7 Å². The molecule has 1 saturated carbocycles. The highest BCUT2D eigenvalue weighted by atomic mass is 32.1. The topological polar surface area (TPSA) is 24.9 Å². The fourth-order valence-corrected chi connectivity index (χ4v) is 3.71. The minimum Gasteiger partial charge on any atom is -0.309 e. The molecule has 2 nitrogen and oxygen atoms in total. The van der Waals surface area contributed by atoms with Crippen molar-refractivity contribution in [2.45, 2.75) is 71.4 Å². The molecule has 0 bridgehead atoms. The van der Waals surface area contributed by atoms with E-state index in [0.29, 0.717) is 0 Å². The lowest BCUT2D eigenvalue weighted by molar-refractivity contribution is 0.278. The summed E-state index contributed by atoms with van der Waals surface area (Å²) < 4.78 is 0. The first-order valence-corrected chi connectivity index (χ1v) is 8.30. The van der Waals surface area contributed by atoms with Crippen LogP contribution in [0.4, 0.5) is 0 Å². The van der Waals surface area contributed by atoms with Crippen LogP contribution in [0.2, 0.25) is 0 Å². The maximum Gasteiger partial charge on any atom is 0.0925 e. The van der Waals surface area contributed by atoms with Crippen LogP contribution in [0.5, 0.6) is 0 Å².